The topological polar surface area (TPSA) is 55.8 Å². The third kappa shape index (κ3) is 7.16. The first-order chi connectivity index (χ1) is 13.5. The number of guanidine groups is 1. The molecule has 1 fully saturated rings. The summed E-state index contributed by atoms with van der Waals surface area (Å²) in [6.07, 6.45) is 1.92. The van der Waals surface area contributed by atoms with Crippen LogP contribution in [0.1, 0.15) is 11.1 Å². The van der Waals surface area contributed by atoms with Crippen molar-refractivity contribution in [3.05, 3.63) is 57.7 Å². The van der Waals surface area contributed by atoms with Gasteiger partial charge < -0.3 is 20.4 Å². The molecule has 1 aromatic carbocycles. The highest BCUT2D eigenvalue weighted by Gasteiger charge is 2.14. The Morgan fingerprint density at radius 3 is 2.41 bits per heavy atom. The average Bonchev–Trinajstić information content (AvgIpc) is 2.70. The van der Waals surface area contributed by atoms with Gasteiger partial charge in [-0.15, -0.1) is 24.0 Å². The minimum Gasteiger partial charge on any atom is -0.354 e. The fraction of sp³-hybridized carbons (Fsp3) is 0.400. The molecule has 2 aromatic rings. The maximum atomic E-state index is 6.22. The van der Waals surface area contributed by atoms with Gasteiger partial charge in [0, 0.05) is 62.6 Å². The van der Waals surface area contributed by atoms with Crippen molar-refractivity contribution in [3.8, 4) is 0 Å². The molecule has 158 valence electrons. The van der Waals surface area contributed by atoms with Crippen LogP contribution in [0.4, 0.5) is 5.82 Å². The van der Waals surface area contributed by atoms with E-state index >= 15 is 0 Å². The van der Waals surface area contributed by atoms with Crippen molar-refractivity contribution in [2.45, 2.75) is 13.1 Å². The largest absolute Gasteiger partial charge is 0.354 e. The van der Waals surface area contributed by atoms with Gasteiger partial charge in [0.15, 0.2) is 5.96 Å². The smallest absolute Gasteiger partial charge is 0.191 e. The number of halogens is 3. The van der Waals surface area contributed by atoms with Gasteiger partial charge in [0.25, 0.3) is 0 Å². The number of rotatable bonds is 5. The molecule has 0 spiro atoms. The Hall–Kier alpha value is -1.29. The Morgan fingerprint density at radius 2 is 1.79 bits per heavy atom. The van der Waals surface area contributed by atoms with E-state index in [9.17, 15) is 0 Å². The van der Waals surface area contributed by atoms with E-state index in [-0.39, 0.29) is 24.0 Å². The Balaban J connectivity index is 0.00000300. The van der Waals surface area contributed by atoms with Gasteiger partial charge in [-0.2, -0.15) is 0 Å². The third-order valence-corrected chi connectivity index (χ3v) is 5.37. The van der Waals surface area contributed by atoms with E-state index in [0.29, 0.717) is 29.1 Å². The molecule has 3 rings (SSSR count). The quantitative estimate of drug-likeness (QED) is 0.339. The molecule has 0 amide bonds. The minimum atomic E-state index is 0. The monoisotopic (exact) mass is 548 g/mol. The summed E-state index contributed by atoms with van der Waals surface area (Å²) < 4.78 is 0. The number of aliphatic imine (C=N–C) groups is 1. The molecule has 9 heteroatoms. The third-order valence-electron chi connectivity index (χ3n) is 4.78. The molecular formula is C20H27Cl2IN6. The predicted molar refractivity (Wildman–Crippen MR) is 133 cm³/mol. The van der Waals surface area contributed by atoms with E-state index in [2.05, 4.69) is 49.6 Å². The van der Waals surface area contributed by atoms with E-state index in [1.54, 1.807) is 13.1 Å². The van der Waals surface area contributed by atoms with Gasteiger partial charge in [0.1, 0.15) is 5.82 Å². The number of piperazine rings is 1. The lowest BCUT2D eigenvalue weighted by Gasteiger charge is -2.33. The molecule has 2 heterocycles. The van der Waals surface area contributed by atoms with Crippen LogP contribution in [0.3, 0.4) is 0 Å². The predicted octanol–water partition coefficient (Wildman–Crippen LogP) is 3.62. The molecule has 1 saturated heterocycles. The fourth-order valence-electron chi connectivity index (χ4n) is 2.99. The van der Waals surface area contributed by atoms with Crippen LogP contribution in [0.25, 0.3) is 0 Å². The first-order valence-electron chi connectivity index (χ1n) is 9.32. The molecule has 0 aliphatic carbocycles. The summed E-state index contributed by atoms with van der Waals surface area (Å²) in [5, 5.41) is 7.83. The maximum Gasteiger partial charge on any atom is 0.191 e. The van der Waals surface area contributed by atoms with Gasteiger partial charge >= 0.3 is 0 Å². The number of nitrogens with zero attached hydrogens (tertiary/aromatic N) is 4. The van der Waals surface area contributed by atoms with Crippen molar-refractivity contribution in [1.29, 1.82) is 0 Å². The summed E-state index contributed by atoms with van der Waals surface area (Å²) >= 11 is 12.2. The fourth-order valence-corrected chi connectivity index (χ4v) is 3.47. The van der Waals surface area contributed by atoms with Crippen LogP contribution in [0.5, 0.6) is 0 Å². The highest BCUT2D eigenvalue weighted by atomic mass is 127. The minimum absolute atomic E-state index is 0. The van der Waals surface area contributed by atoms with Gasteiger partial charge in [0.2, 0.25) is 0 Å². The zero-order chi connectivity index (χ0) is 19.9. The molecule has 1 aliphatic heterocycles. The molecule has 1 aliphatic rings. The second kappa shape index (κ2) is 11.8. The molecule has 29 heavy (non-hydrogen) atoms. The standard InChI is InChI=1S/C20H26Cl2N6.HI/c1-23-20(26-14-16-4-5-17(21)11-18(16)22)25-13-15-3-6-19(24-12-15)28-9-7-27(2)8-10-28;/h3-6,11-12H,7-10,13-14H2,1-2H3,(H2,23,25,26);1H. The molecule has 0 atom stereocenters. The van der Waals surface area contributed by atoms with Crippen LogP contribution in [-0.4, -0.2) is 56.1 Å². The summed E-state index contributed by atoms with van der Waals surface area (Å²) in [7, 11) is 3.90. The average molecular weight is 549 g/mol. The number of hydrogen-bond donors (Lipinski definition) is 2. The van der Waals surface area contributed by atoms with Crippen LogP contribution in [0.2, 0.25) is 10.0 Å². The summed E-state index contributed by atoms with van der Waals surface area (Å²) in [4.78, 5) is 13.5. The van der Waals surface area contributed by atoms with Crippen molar-refractivity contribution in [1.82, 2.24) is 20.5 Å². The van der Waals surface area contributed by atoms with E-state index in [4.69, 9.17) is 23.2 Å². The Labute approximate surface area is 199 Å². The number of aromatic nitrogens is 1. The number of anilines is 1. The molecular weight excluding hydrogens is 522 g/mol. The summed E-state index contributed by atoms with van der Waals surface area (Å²) in [6, 6.07) is 9.67. The number of hydrogen-bond acceptors (Lipinski definition) is 4. The van der Waals surface area contributed by atoms with Gasteiger partial charge in [-0.25, -0.2) is 4.98 Å². The van der Waals surface area contributed by atoms with Crippen molar-refractivity contribution in [2.75, 3.05) is 45.2 Å². The number of pyridine rings is 1. The maximum absolute atomic E-state index is 6.22. The molecule has 0 unspecified atom stereocenters. The van der Waals surface area contributed by atoms with Gasteiger partial charge in [-0.1, -0.05) is 35.3 Å². The zero-order valence-corrected chi connectivity index (χ0v) is 20.5. The highest BCUT2D eigenvalue weighted by Crippen LogP contribution is 2.20. The number of nitrogens with one attached hydrogen (secondary N) is 2. The summed E-state index contributed by atoms with van der Waals surface area (Å²) in [6.45, 7) is 5.39. The summed E-state index contributed by atoms with van der Waals surface area (Å²) in [5.41, 5.74) is 2.07. The lowest BCUT2D eigenvalue weighted by atomic mass is 10.2. The zero-order valence-electron chi connectivity index (χ0n) is 16.7. The van der Waals surface area contributed by atoms with Gasteiger partial charge in [-0.3, -0.25) is 4.99 Å². The van der Waals surface area contributed by atoms with Crippen molar-refractivity contribution >= 4 is 59.0 Å². The van der Waals surface area contributed by atoms with Crippen LogP contribution >= 0.6 is 47.2 Å². The second-order valence-corrected chi connectivity index (χ2v) is 7.67. The van der Waals surface area contributed by atoms with Crippen LogP contribution in [-0.2, 0) is 13.1 Å². The molecule has 0 saturated carbocycles. The van der Waals surface area contributed by atoms with Crippen LogP contribution < -0.4 is 15.5 Å². The Morgan fingerprint density at radius 1 is 1.07 bits per heavy atom. The number of likely N-dealkylation sites (N-methyl/N-ethyl adjacent to an activating group) is 1. The molecule has 2 N–H and O–H groups in total. The first-order valence-corrected chi connectivity index (χ1v) is 10.1. The van der Waals surface area contributed by atoms with E-state index in [0.717, 1.165) is 43.1 Å². The van der Waals surface area contributed by atoms with Gasteiger partial charge in [-0.05, 0) is 36.4 Å². The van der Waals surface area contributed by atoms with E-state index in [1.807, 2.05) is 18.3 Å². The Bertz CT molecular complexity index is 807. The molecule has 0 radical (unpaired) electrons. The van der Waals surface area contributed by atoms with E-state index in [1.165, 1.54) is 0 Å². The van der Waals surface area contributed by atoms with Crippen molar-refractivity contribution < 1.29 is 0 Å². The molecule has 0 bridgehead atoms. The normalized spacial score (nSPS) is 15.0. The van der Waals surface area contributed by atoms with Crippen molar-refractivity contribution in [2.24, 2.45) is 4.99 Å². The summed E-state index contributed by atoms with van der Waals surface area (Å²) in [5.74, 6) is 1.74. The van der Waals surface area contributed by atoms with Crippen LogP contribution in [0, 0.1) is 0 Å². The lowest BCUT2D eigenvalue weighted by Crippen LogP contribution is -2.44. The van der Waals surface area contributed by atoms with Gasteiger partial charge in [0.05, 0.1) is 0 Å². The molecule has 6 nitrogen and oxygen atoms in total. The molecule has 1 aromatic heterocycles. The van der Waals surface area contributed by atoms with Crippen LogP contribution in [0.15, 0.2) is 41.5 Å². The Kier molecular flexibility index (Phi) is 9.74. The second-order valence-electron chi connectivity index (χ2n) is 6.83. The lowest BCUT2D eigenvalue weighted by molar-refractivity contribution is 0.312. The first kappa shape index (κ1) is 24.0. The number of benzene rings is 1. The highest BCUT2D eigenvalue weighted by molar-refractivity contribution is 14.0. The van der Waals surface area contributed by atoms with Crippen molar-refractivity contribution in [3.63, 3.8) is 0 Å². The SMILES string of the molecule is CN=C(NCc1ccc(N2CCN(C)CC2)nc1)NCc1ccc(Cl)cc1Cl.I. The van der Waals surface area contributed by atoms with E-state index < -0.39 is 0 Å².